The largest absolute Gasteiger partial charge is 0.496 e. The van der Waals surface area contributed by atoms with Crippen LogP contribution in [0.15, 0.2) is 59.5 Å². The van der Waals surface area contributed by atoms with Gasteiger partial charge in [-0.15, -0.1) is 0 Å². The summed E-state index contributed by atoms with van der Waals surface area (Å²) >= 11 is 0. The second-order valence-electron chi connectivity index (χ2n) is 9.40. The normalized spacial score (nSPS) is 12.1. The van der Waals surface area contributed by atoms with E-state index in [0.29, 0.717) is 5.75 Å². The predicted molar refractivity (Wildman–Crippen MR) is 149 cm³/mol. The summed E-state index contributed by atoms with van der Waals surface area (Å²) in [7, 11) is 0.199. The maximum atomic E-state index is 13.8. The SMILES string of the molecule is COc1ccc(S(=O)(=O)N(CC(=O)NC(C)c2cc(C(C)C)c(OC)cc2C)c2ccc(F)cc2)cc1OC. The Hall–Kier alpha value is -3.79. The number of nitrogens with one attached hydrogen (secondary N) is 1. The summed E-state index contributed by atoms with van der Waals surface area (Å²) < 4.78 is 58.1. The molecule has 0 saturated carbocycles. The number of benzene rings is 3. The molecule has 0 heterocycles. The van der Waals surface area contributed by atoms with Gasteiger partial charge in [0.1, 0.15) is 18.1 Å². The Bertz CT molecular complexity index is 1420. The highest BCUT2D eigenvalue weighted by Gasteiger charge is 2.29. The fourth-order valence-electron chi connectivity index (χ4n) is 4.33. The second kappa shape index (κ2) is 12.4. The summed E-state index contributed by atoms with van der Waals surface area (Å²) in [6, 6.07) is 12.6. The third-order valence-corrected chi connectivity index (χ3v) is 8.20. The lowest BCUT2D eigenvalue weighted by Crippen LogP contribution is -2.41. The van der Waals surface area contributed by atoms with E-state index in [0.717, 1.165) is 38.9 Å². The summed E-state index contributed by atoms with van der Waals surface area (Å²) in [6.45, 7) is 7.34. The van der Waals surface area contributed by atoms with Gasteiger partial charge in [-0.1, -0.05) is 13.8 Å². The zero-order valence-electron chi connectivity index (χ0n) is 23.2. The number of anilines is 1. The van der Waals surface area contributed by atoms with Crippen LogP contribution < -0.4 is 23.8 Å². The summed E-state index contributed by atoms with van der Waals surface area (Å²) in [4.78, 5) is 13.2. The maximum Gasteiger partial charge on any atom is 0.264 e. The van der Waals surface area contributed by atoms with E-state index in [1.165, 1.54) is 44.6 Å². The number of nitrogens with zero attached hydrogens (tertiary/aromatic N) is 1. The Kier molecular flexibility index (Phi) is 9.45. The minimum Gasteiger partial charge on any atom is -0.496 e. The van der Waals surface area contributed by atoms with Crippen molar-refractivity contribution in [3.8, 4) is 17.2 Å². The fraction of sp³-hybridized carbons (Fsp3) is 0.345. The standard InChI is InChI=1S/C29H35FN2O6S/c1-18(2)24-16-25(19(3)14-27(24)37-6)20(4)31-29(33)17-32(22-10-8-21(30)9-11-22)39(34,35)23-12-13-26(36-5)28(15-23)38-7/h8-16,18,20H,17H2,1-7H3,(H,31,33). The van der Waals surface area contributed by atoms with Gasteiger partial charge in [0.25, 0.3) is 10.0 Å². The van der Waals surface area contributed by atoms with Crippen LogP contribution >= 0.6 is 0 Å². The molecule has 0 radical (unpaired) electrons. The molecule has 0 fully saturated rings. The van der Waals surface area contributed by atoms with Gasteiger partial charge in [0.15, 0.2) is 11.5 Å². The van der Waals surface area contributed by atoms with E-state index in [1.807, 2.05) is 26.0 Å². The van der Waals surface area contributed by atoms with Gasteiger partial charge in [0, 0.05) is 6.07 Å². The van der Waals surface area contributed by atoms with Crippen molar-refractivity contribution in [1.29, 1.82) is 0 Å². The summed E-state index contributed by atoms with van der Waals surface area (Å²) in [6.07, 6.45) is 0. The molecule has 0 saturated heterocycles. The van der Waals surface area contributed by atoms with E-state index in [4.69, 9.17) is 14.2 Å². The van der Waals surface area contributed by atoms with Crippen molar-refractivity contribution in [2.45, 2.75) is 44.6 Å². The Morgan fingerprint density at radius 2 is 1.49 bits per heavy atom. The molecule has 1 amide bonds. The van der Waals surface area contributed by atoms with Gasteiger partial charge in [-0.25, -0.2) is 12.8 Å². The van der Waals surface area contributed by atoms with Crippen molar-refractivity contribution in [3.05, 3.63) is 77.1 Å². The van der Waals surface area contributed by atoms with E-state index in [1.54, 1.807) is 7.11 Å². The number of hydrogen-bond donors (Lipinski definition) is 1. The number of carbonyl (C=O) groups is 1. The van der Waals surface area contributed by atoms with Crippen LogP contribution in [0.1, 0.15) is 49.4 Å². The van der Waals surface area contributed by atoms with Crippen LogP contribution in [0.5, 0.6) is 17.2 Å². The van der Waals surface area contributed by atoms with Gasteiger partial charge in [-0.05, 0) is 85.0 Å². The van der Waals surface area contributed by atoms with E-state index >= 15 is 0 Å². The van der Waals surface area contributed by atoms with Crippen LogP contribution in [0.25, 0.3) is 0 Å². The molecule has 0 aliphatic heterocycles. The molecule has 1 N–H and O–H groups in total. The first-order valence-corrected chi connectivity index (χ1v) is 13.8. The average Bonchev–Trinajstić information content (AvgIpc) is 2.91. The van der Waals surface area contributed by atoms with E-state index < -0.39 is 34.3 Å². The van der Waals surface area contributed by atoms with Crippen molar-refractivity contribution < 1.29 is 31.8 Å². The monoisotopic (exact) mass is 558 g/mol. The highest BCUT2D eigenvalue weighted by Crippen LogP contribution is 2.34. The van der Waals surface area contributed by atoms with Crippen molar-refractivity contribution in [3.63, 3.8) is 0 Å². The van der Waals surface area contributed by atoms with Crippen LogP contribution in [0.4, 0.5) is 10.1 Å². The highest BCUT2D eigenvalue weighted by molar-refractivity contribution is 7.92. The van der Waals surface area contributed by atoms with Crippen LogP contribution in [-0.4, -0.2) is 42.2 Å². The van der Waals surface area contributed by atoms with Gasteiger partial charge in [-0.2, -0.15) is 0 Å². The minimum atomic E-state index is -4.26. The molecule has 0 bridgehead atoms. The summed E-state index contributed by atoms with van der Waals surface area (Å²) in [5.74, 6) is 0.475. The number of sulfonamides is 1. The Morgan fingerprint density at radius 3 is 2.05 bits per heavy atom. The van der Waals surface area contributed by atoms with Crippen LogP contribution in [0.3, 0.4) is 0 Å². The van der Waals surface area contributed by atoms with Crippen LogP contribution in [0, 0.1) is 12.7 Å². The molecule has 1 atom stereocenters. The molecule has 10 heteroatoms. The predicted octanol–water partition coefficient (Wildman–Crippen LogP) is 5.36. The summed E-state index contributed by atoms with van der Waals surface area (Å²) in [5, 5.41) is 2.91. The van der Waals surface area contributed by atoms with Crippen LogP contribution in [0.2, 0.25) is 0 Å². The number of hydrogen-bond acceptors (Lipinski definition) is 6. The molecule has 3 rings (SSSR count). The lowest BCUT2D eigenvalue weighted by molar-refractivity contribution is -0.120. The molecular formula is C29H35FN2O6S. The molecule has 0 aliphatic rings. The minimum absolute atomic E-state index is 0.113. The number of rotatable bonds is 11. The Balaban J connectivity index is 1.95. The van der Waals surface area contributed by atoms with E-state index in [-0.39, 0.29) is 22.3 Å². The molecule has 0 spiro atoms. The van der Waals surface area contributed by atoms with Crippen molar-refractivity contribution in [1.82, 2.24) is 5.32 Å². The first-order chi connectivity index (χ1) is 18.4. The quantitative estimate of drug-likeness (QED) is 0.341. The molecular weight excluding hydrogens is 523 g/mol. The van der Waals surface area contributed by atoms with Gasteiger partial charge in [-0.3, -0.25) is 9.10 Å². The lowest BCUT2D eigenvalue weighted by atomic mass is 9.93. The molecule has 8 nitrogen and oxygen atoms in total. The molecule has 39 heavy (non-hydrogen) atoms. The number of carbonyl (C=O) groups excluding carboxylic acids is 1. The van der Waals surface area contributed by atoms with Gasteiger partial charge >= 0.3 is 0 Å². The molecule has 0 aromatic heterocycles. The van der Waals surface area contributed by atoms with Gasteiger partial charge in [0.05, 0.1) is 38.0 Å². The molecule has 0 aliphatic carbocycles. The Morgan fingerprint density at radius 1 is 0.872 bits per heavy atom. The lowest BCUT2D eigenvalue weighted by Gasteiger charge is -2.26. The van der Waals surface area contributed by atoms with E-state index in [9.17, 15) is 17.6 Å². The zero-order chi connectivity index (χ0) is 28.9. The number of amides is 1. The maximum absolute atomic E-state index is 13.8. The Labute approximate surface area is 229 Å². The first-order valence-electron chi connectivity index (χ1n) is 12.4. The fourth-order valence-corrected chi connectivity index (χ4v) is 5.77. The van der Waals surface area contributed by atoms with Crippen molar-refractivity contribution in [2.75, 3.05) is 32.2 Å². The molecule has 3 aromatic carbocycles. The number of methoxy groups -OCH3 is 3. The number of halogens is 1. The highest BCUT2D eigenvalue weighted by atomic mass is 32.2. The average molecular weight is 559 g/mol. The number of aryl methyl sites for hydroxylation is 1. The van der Waals surface area contributed by atoms with Crippen molar-refractivity contribution in [2.24, 2.45) is 0 Å². The van der Waals surface area contributed by atoms with Gasteiger partial charge < -0.3 is 19.5 Å². The third-order valence-electron chi connectivity index (χ3n) is 6.43. The number of ether oxygens (including phenoxy) is 3. The molecule has 3 aromatic rings. The first kappa shape index (κ1) is 29.8. The van der Waals surface area contributed by atoms with Crippen molar-refractivity contribution >= 4 is 21.6 Å². The van der Waals surface area contributed by atoms with Gasteiger partial charge in [0.2, 0.25) is 5.91 Å². The topological polar surface area (TPSA) is 94.2 Å². The summed E-state index contributed by atoms with van der Waals surface area (Å²) in [5.41, 5.74) is 2.96. The molecule has 1 unspecified atom stereocenters. The zero-order valence-corrected chi connectivity index (χ0v) is 24.1. The smallest absolute Gasteiger partial charge is 0.264 e. The molecule has 210 valence electrons. The third kappa shape index (κ3) is 6.62. The van der Waals surface area contributed by atoms with E-state index in [2.05, 4.69) is 19.2 Å². The second-order valence-corrected chi connectivity index (χ2v) is 11.3. The van der Waals surface area contributed by atoms with Crippen LogP contribution in [-0.2, 0) is 14.8 Å².